The van der Waals surface area contributed by atoms with Crippen molar-refractivity contribution in [2.75, 3.05) is 13.1 Å². The van der Waals surface area contributed by atoms with Gasteiger partial charge in [-0.3, -0.25) is 9.59 Å². The second-order valence-corrected chi connectivity index (χ2v) is 5.70. The lowest BCUT2D eigenvalue weighted by molar-refractivity contribution is -0.158. The van der Waals surface area contributed by atoms with E-state index in [2.05, 4.69) is 4.98 Å². The van der Waals surface area contributed by atoms with E-state index in [1.165, 1.54) is 11.3 Å². The van der Waals surface area contributed by atoms with Gasteiger partial charge in [-0.2, -0.15) is 13.2 Å². The van der Waals surface area contributed by atoms with Crippen molar-refractivity contribution in [3.05, 3.63) is 16.1 Å². The molecule has 5 nitrogen and oxygen atoms in total. The Kier molecular flexibility index (Phi) is 4.50. The first-order valence-corrected chi connectivity index (χ1v) is 7.04. The number of carbonyl (C=O) groups is 2. The summed E-state index contributed by atoms with van der Waals surface area (Å²) in [4.78, 5) is 28.7. The Labute approximate surface area is 122 Å². The third-order valence-corrected chi connectivity index (χ3v) is 4.02. The van der Waals surface area contributed by atoms with Crippen molar-refractivity contribution in [2.45, 2.75) is 26.1 Å². The number of thiazole rings is 1. The Bertz CT molecular complexity index is 544. The van der Waals surface area contributed by atoms with E-state index in [-0.39, 0.29) is 19.6 Å². The number of carbonyl (C=O) groups excluding carboxylic acids is 2. The molecular weight excluding hydrogens is 309 g/mol. The van der Waals surface area contributed by atoms with Crippen LogP contribution in [0.5, 0.6) is 0 Å². The van der Waals surface area contributed by atoms with Crippen LogP contribution in [0, 0.1) is 12.8 Å². The third kappa shape index (κ3) is 4.16. The van der Waals surface area contributed by atoms with Crippen LogP contribution >= 0.6 is 11.3 Å². The van der Waals surface area contributed by atoms with E-state index in [9.17, 15) is 22.8 Å². The Balaban J connectivity index is 1.87. The van der Waals surface area contributed by atoms with Gasteiger partial charge in [-0.05, 0) is 6.92 Å². The number of alkyl halides is 3. The SMILES string of the molecule is Cc1ncsc1COC(=O)[C@@H]1CC(=O)N(CC(F)(F)F)C1. The predicted molar refractivity (Wildman–Crippen MR) is 67.4 cm³/mol. The number of esters is 1. The molecule has 0 unspecified atom stereocenters. The highest BCUT2D eigenvalue weighted by atomic mass is 32.1. The van der Waals surface area contributed by atoms with Gasteiger partial charge in [-0.15, -0.1) is 11.3 Å². The van der Waals surface area contributed by atoms with E-state index in [4.69, 9.17) is 4.74 Å². The molecule has 0 aliphatic carbocycles. The Morgan fingerprint density at radius 2 is 2.29 bits per heavy atom. The Morgan fingerprint density at radius 1 is 1.57 bits per heavy atom. The second-order valence-electron chi connectivity index (χ2n) is 4.76. The van der Waals surface area contributed by atoms with Crippen LogP contribution in [-0.4, -0.2) is 41.0 Å². The molecule has 0 bridgehead atoms. The third-order valence-electron chi connectivity index (χ3n) is 3.11. The minimum absolute atomic E-state index is 0.0271. The van der Waals surface area contributed by atoms with Gasteiger partial charge < -0.3 is 9.64 Å². The molecular formula is C12H13F3N2O3S. The van der Waals surface area contributed by atoms with Gasteiger partial charge in [0, 0.05) is 13.0 Å². The minimum atomic E-state index is -4.46. The summed E-state index contributed by atoms with van der Waals surface area (Å²) < 4.78 is 41.9. The molecule has 0 N–H and O–H groups in total. The predicted octanol–water partition coefficient (Wildman–Crippen LogP) is 1.91. The summed E-state index contributed by atoms with van der Waals surface area (Å²) in [7, 11) is 0. The summed E-state index contributed by atoms with van der Waals surface area (Å²) >= 11 is 1.33. The van der Waals surface area contributed by atoms with Gasteiger partial charge in [0.05, 0.1) is 22.0 Å². The fraction of sp³-hybridized carbons (Fsp3) is 0.583. The van der Waals surface area contributed by atoms with Gasteiger partial charge in [0.1, 0.15) is 13.2 Å². The maximum atomic E-state index is 12.3. The van der Waals surface area contributed by atoms with Gasteiger partial charge in [-0.25, -0.2) is 4.98 Å². The molecule has 0 aromatic carbocycles. The van der Waals surface area contributed by atoms with Crippen LogP contribution in [0.4, 0.5) is 13.2 Å². The van der Waals surface area contributed by atoms with Gasteiger partial charge in [0.15, 0.2) is 0 Å². The first kappa shape index (κ1) is 15.7. The van der Waals surface area contributed by atoms with Crippen LogP contribution in [0.1, 0.15) is 17.0 Å². The quantitative estimate of drug-likeness (QED) is 0.795. The molecule has 1 aliphatic rings. The summed E-state index contributed by atoms with van der Waals surface area (Å²) in [6, 6.07) is 0. The highest BCUT2D eigenvalue weighted by Crippen LogP contribution is 2.25. The molecule has 2 rings (SSSR count). The number of ether oxygens (including phenoxy) is 1. The molecule has 9 heteroatoms. The number of aromatic nitrogens is 1. The largest absolute Gasteiger partial charge is 0.460 e. The van der Waals surface area contributed by atoms with Crippen molar-refractivity contribution in [3.63, 3.8) is 0 Å². The van der Waals surface area contributed by atoms with Gasteiger partial charge in [0.25, 0.3) is 0 Å². The summed E-state index contributed by atoms with van der Waals surface area (Å²) in [6.07, 6.45) is -4.70. The zero-order chi connectivity index (χ0) is 15.6. The summed E-state index contributed by atoms with van der Waals surface area (Å²) in [5.74, 6) is -2.17. The topological polar surface area (TPSA) is 59.5 Å². The number of likely N-dealkylation sites (tertiary alicyclic amines) is 1. The Morgan fingerprint density at radius 3 is 2.86 bits per heavy atom. The van der Waals surface area contributed by atoms with Crippen molar-refractivity contribution < 1.29 is 27.5 Å². The summed E-state index contributed by atoms with van der Waals surface area (Å²) in [5, 5.41) is 0. The lowest BCUT2D eigenvalue weighted by Crippen LogP contribution is -2.35. The maximum absolute atomic E-state index is 12.3. The zero-order valence-electron chi connectivity index (χ0n) is 11.1. The van der Waals surface area contributed by atoms with E-state index < -0.39 is 30.5 Å². The monoisotopic (exact) mass is 322 g/mol. The zero-order valence-corrected chi connectivity index (χ0v) is 12.0. The summed E-state index contributed by atoms with van der Waals surface area (Å²) in [6.45, 7) is 0.214. The molecule has 0 spiro atoms. The fourth-order valence-corrected chi connectivity index (χ4v) is 2.71. The van der Waals surface area contributed by atoms with E-state index >= 15 is 0 Å². The van der Waals surface area contributed by atoms with Crippen LogP contribution in [0.3, 0.4) is 0 Å². The second kappa shape index (κ2) is 6.00. The van der Waals surface area contributed by atoms with Crippen LogP contribution in [0.15, 0.2) is 5.51 Å². The van der Waals surface area contributed by atoms with Gasteiger partial charge in [0.2, 0.25) is 5.91 Å². The molecule has 1 amide bonds. The number of halogens is 3. The molecule has 0 saturated carbocycles. The molecule has 1 fully saturated rings. The molecule has 1 aliphatic heterocycles. The van der Waals surface area contributed by atoms with Crippen LogP contribution in [-0.2, 0) is 20.9 Å². The minimum Gasteiger partial charge on any atom is -0.460 e. The molecule has 116 valence electrons. The van der Waals surface area contributed by atoms with E-state index in [0.29, 0.717) is 4.90 Å². The average Bonchev–Trinajstić information content (AvgIpc) is 2.92. The normalized spacial score (nSPS) is 19.1. The average molecular weight is 322 g/mol. The highest BCUT2D eigenvalue weighted by molar-refractivity contribution is 7.09. The molecule has 1 aromatic heterocycles. The first-order chi connectivity index (χ1) is 9.76. The van der Waals surface area contributed by atoms with Gasteiger partial charge in [-0.1, -0.05) is 0 Å². The van der Waals surface area contributed by atoms with Gasteiger partial charge >= 0.3 is 12.1 Å². The fourth-order valence-electron chi connectivity index (χ4n) is 2.02. The number of hydrogen-bond donors (Lipinski definition) is 0. The summed E-state index contributed by atoms with van der Waals surface area (Å²) in [5.41, 5.74) is 2.36. The van der Waals surface area contributed by atoms with Crippen molar-refractivity contribution in [1.29, 1.82) is 0 Å². The number of hydrogen-bond acceptors (Lipinski definition) is 5. The molecule has 1 aromatic rings. The van der Waals surface area contributed by atoms with E-state index in [1.54, 1.807) is 12.4 Å². The molecule has 0 radical (unpaired) electrons. The van der Waals surface area contributed by atoms with Crippen LogP contribution in [0.25, 0.3) is 0 Å². The number of nitrogens with zero attached hydrogens (tertiary/aromatic N) is 2. The van der Waals surface area contributed by atoms with E-state index in [0.717, 1.165) is 10.6 Å². The smallest absolute Gasteiger partial charge is 0.406 e. The van der Waals surface area contributed by atoms with Crippen molar-refractivity contribution in [3.8, 4) is 0 Å². The maximum Gasteiger partial charge on any atom is 0.406 e. The van der Waals surface area contributed by atoms with Crippen molar-refractivity contribution in [2.24, 2.45) is 5.92 Å². The molecule has 21 heavy (non-hydrogen) atoms. The Hall–Kier alpha value is -1.64. The van der Waals surface area contributed by atoms with Crippen LogP contribution in [0.2, 0.25) is 0 Å². The first-order valence-electron chi connectivity index (χ1n) is 6.16. The number of aryl methyl sites for hydroxylation is 1. The number of amides is 1. The lowest BCUT2D eigenvalue weighted by Gasteiger charge is -2.18. The van der Waals surface area contributed by atoms with E-state index in [1.807, 2.05) is 0 Å². The molecule has 2 heterocycles. The molecule has 1 saturated heterocycles. The van der Waals surface area contributed by atoms with Crippen LogP contribution < -0.4 is 0 Å². The molecule has 1 atom stereocenters. The lowest BCUT2D eigenvalue weighted by atomic mass is 10.1. The number of rotatable bonds is 4. The highest BCUT2D eigenvalue weighted by Gasteiger charge is 2.41. The van der Waals surface area contributed by atoms with Crippen molar-refractivity contribution >= 4 is 23.2 Å². The van der Waals surface area contributed by atoms with Crippen molar-refractivity contribution in [1.82, 2.24) is 9.88 Å². The standard InChI is InChI=1S/C12H13F3N2O3S/c1-7-9(21-6-16-7)4-20-11(19)8-2-10(18)17(3-8)5-12(13,14)15/h6,8H,2-5H2,1H3/t8-/m1/s1.